The molecule has 4 N–H and O–H groups in total. The van der Waals surface area contributed by atoms with E-state index in [1.807, 2.05) is 0 Å². The van der Waals surface area contributed by atoms with E-state index in [9.17, 15) is 18.0 Å². The lowest BCUT2D eigenvalue weighted by atomic mass is 10.1. The second-order valence-electron chi connectivity index (χ2n) is 4.21. The number of rotatable bonds is 3. The molecule has 0 aliphatic heterocycles. The Morgan fingerprint density at radius 3 is 2.19 bits per heavy atom. The van der Waals surface area contributed by atoms with Crippen molar-refractivity contribution in [2.24, 2.45) is 5.73 Å². The van der Waals surface area contributed by atoms with Crippen molar-refractivity contribution in [1.82, 2.24) is 0 Å². The smallest absolute Gasteiger partial charge is 0.416 e. The Bertz CT molecular complexity index is 667. The number of hydrogen-bond donors (Lipinski definition) is 2. The van der Waals surface area contributed by atoms with Gasteiger partial charge in [0, 0.05) is 0 Å². The molecule has 0 aliphatic rings. The number of carbonyl (C=O) groups is 1. The van der Waals surface area contributed by atoms with Crippen molar-refractivity contribution in [1.29, 1.82) is 0 Å². The first-order chi connectivity index (χ1) is 9.79. The highest BCUT2D eigenvalue weighted by atomic mass is 19.4. The lowest BCUT2D eigenvalue weighted by Gasteiger charge is -2.11. The average Bonchev–Trinajstić information content (AvgIpc) is 2.40. The van der Waals surface area contributed by atoms with Gasteiger partial charge in [-0.25, -0.2) is 0 Å². The van der Waals surface area contributed by atoms with Crippen LogP contribution >= 0.6 is 0 Å². The van der Waals surface area contributed by atoms with Gasteiger partial charge in [0.1, 0.15) is 5.75 Å². The number of halogens is 3. The third kappa shape index (κ3) is 3.25. The van der Waals surface area contributed by atoms with E-state index in [0.29, 0.717) is 0 Å². The molecule has 0 radical (unpaired) electrons. The van der Waals surface area contributed by atoms with E-state index in [0.717, 1.165) is 12.1 Å². The maximum Gasteiger partial charge on any atom is 0.416 e. The number of benzene rings is 2. The van der Waals surface area contributed by atoms with Crippen LogP contribution < -0.4 is 16.2 Å². The normalized spacial score (nSPS) is 11.2. The van der Waals surface area contributed by atoms with Gasteiger partial charge in [-0.15, -0.1) is 0 Å². The number of amides is 1. The van der Waals surface area contributed by atoms with E-state index in [4.69, 9.17) is 16.2 Å². The zero-order valence-corrected chi connectivity index (χ0v) is 10.6. The minimum absolute atomic E-state index is 0.0323. The number of nitrogens with two attached hydrogens (primary N) is 2. The molecule has 0 saturated heterocycles. The van der Waals surface area contributed by atoms with Crippen LogP contribution in [0, 0.1) is 0 Å². The Morgan fingerprint density at radius 1 is 1.05 bits per heavy atom. The van der Waals surface area contributed by atoms with Crippen LogP contribution in [0.3, 0.4) is 0 Å². The number of ether oxygens (including phenoxy) is 1. The van der Waals surface area contributed by atoms with Gasteiger partial charge in [0.25, 0.3) is 5.91 Å². The highest BCUT2D eigenvalue weighted by Crippen LogP contribution is 2.33. The summed E-state index contributed by atoms with van der Waals surface area (Å²) in [6, 6.07) is 8.54. The van der Waals surface area contributed by atoms with Gasteiger partial charge in [-0.05, 0) is 36.4 Å². The van der Waals surface area contributed by atoms with E-state index >= 15 is 0 Å². The van der Waals surface area contributed by atoms with Gasteiger partial charge >= 0.3 is 6.18 Å². The van der Waals surface area contributed by atoms with E-state index in [1.54, 1.807) is 0 Å². The van der Waals surface area contributed by atoms with Crippen LogP contribution in [0.15, 0.2) is 42.5 Å². The molecule has 0 fully saturated rings. The molecule has 0 aliphatic carbocycles. The molecule has 2 rings (SSSR count). The molecule has 0 atom stereocenters. The molecule has 1 amide bonds. The van der Waals surface area contributed by atoms with Crippen LogP contribution in [0.25, 0.3) is 0 Å². The third-order valence-electron chi connectivity index (χ3n) is 2.74. The molecule has 110 valence electrons. The quantitative estimate of drug-likeness (QED) is 0.854. The van der Waals surface area contributed by atoms with Crippen LogP contribution in [0.4, 0.5) is 18.9 Å². The summed E-state index contributed by atoms with van der Waals surface area (Å²) in [5.41, 5.74) is 10.2. The van der Waals surface area contributed by atoms with E-state index in [-0.39, 0.29) is 22.7 Å². The van der Waals surface area contributed by atoms with Gasteiger partial charge < -0.3 is 16.2 Å². The SMILES string of the molecule is NC(=O)c1cccc(Oc2ccc(C(F)(F)F)cc2)c1N. The van der Waals surface area contributed by atoms with Gasteiger partial charge in [-0.1, -0.05) is 6.07 Å². The lowest BCUT2D eigenvalue weighted by molar-refractivity contribution is -0.137. The minimum atomic E-state index is -4.41. The summed E-state index contributed by atoms with van der Waals surface area (Å²) in [6.07, 6.45) is -4.41. The second-order valence-corrected chi connectivity index (χ2v) is 4.21. The Kier molecular flexibility index (Phi) is 3.75. The van der Waals surface area contributed by atoms with Crippen LogP contribution in [-0.4, -0.2) is 5.91 Å². The van der Waals surface area contributed by atoms with Gasteiger partial charge in [-0.3, -0.25) is 4.79 Å². The molecule has 2 aromatic rings. The van der Waals surface area contributed by atoms with Crippen molar-refractivity contribution in [3.05, 3.63) is 53.6 Å². The maximum absolute atomic E-state index is 12.4. The molecular formula is C14H11F3N2O2. The van der Waals surface area contributed by atoms with E-state index in [2.05, 4.69) is 0 Å². The molecule has 2 aromatic carbocycles. The number of hydrogen-bond acceptors (Lipinski definition) is 3. The number of nitrogen functional groups attached to an aromatic ring is 1. The second kappa shape index (κ2) is 5.35. The molecule has 4 nitrogen and oxygen atoms in total. The molecule has 0 aromatic heterocycles. The molecule has 7 heteroatoms. The fraction of sp³-hybridized carbons (Fsp3) is 0.0714. The molecule has 0 heterocycles. The first-order valence-electron chi connectivity index (χ1n) is 5.82. The first kappa shape index (κ1) is 14.7. The minimum Gasteiger partial charge on any atom is -0.455 e. The largest absolute Gasteiger partial charge is 0.455 e. The van der Waals surface area contributed by atoms with Crippen molar-refractivity contribution in [2.45, 2.75) is 6.18 Å². The fourth-order valence-corrected chi connectivity index (χ4v) is 1.69. The maximum atomic E-state index is 12.4. The van der Waals surface area contributed by atoms with Gasteiger partial charge in [0.2, 0.25) is 0 Å². The summed E-state index contributed by atoms with van der Waals surface area (Å²) in [5.74, 6) is -0.409. The zero-order chi connectivity index (χ0) is 15.6. The Balaban J connectivity index is 2.27. The predicted molar refractivity (Wildman–Crippen MR) is 70.9 cm³/mol. The summed E-state index contributed by atoms with van der Waals surface area (Å²) in [4.78, 5) is 11.1. The predicted octanol–water partition coefficient (Wildman–Crippen LogP) is 3.18. The van der Waals surface area contributed by atoms with Crippen molar-refractivity contribution in [2.75, 3.05) is 5.73 Å². The number of para-hydroxylation sites is 1. The monoisotopic (exact) mass is 296 g/mol. The van der Waals surface area contributed by atoms with E-state index in [1.165, 1.54) is 30.3 Å². The van der Waals surface area contributed by atoms with Crippen molar-refractivity contribution in [3.63, 3.8) is 0 Å². The molecule has 21 heavy (non-hydrogen) atoms. The highest BCUT2D eigenvalue weighted by Gasteiger charge is 2.30. The topological polar surface area (TPSA) is 78.3 Å². The zero-order valence-electron chi connectivity index (χ0n) is 10.6. The lowest BCUT2D eigenvalue weighted by Crippen LogP contribution is -2.13. The van der Waals surface area contributed by atoms with Crippen LogP contribution in [0.1, 0.15) is 15.9 Å². The van der Waals surface area contributed by atoms with Crippen molar-refractivity contribution >= 4 is 11.6 Å². The average molecular weight is 296 g/mol. The molecule has 0 bridgehead atoms. The molecule has 0 spiro atoms. The van der Waals surface area contributed by atoms with Crippen LogP contribution in [0.2, 0.25) is 0 Å². The standard InChI is InChI=1S/C14H11F3N2O2/c15-14(16,17)8-4-6-9(7-5-8)21-11-3-1-2-10(12(11)18)13(19)20/h1-7H,18H2,(H2,19,20). The highest BCUT2D eigenvalue weighted by molar-refractivity contribution is 5.99. The molecular weight excluding hydrogens is 285 g/mol. The number of carbonyl (C=O) groups excluding carboxylic acids is 1. The number of alkyl halides is 3. The van der Waals surface area contributed by atoms with Gasteiger partial charge in [-0.2, -0.15) is 13.2 Å². The third-order valence-corrected chi connectivity index (χ3v) is 2.74. The van der Waals surface area contributed by atoms with Gasteiger partial charge in [0.05, 0.1) is 16.8 Å². The number of primary amides is 1. The van der Waals surface area contributed by atoms with Crippen LogP contribution in [0.5, 0.6) is 11.5 Å². The van der Waals surface area contributed by atoms with E-state index < -0.39 is 17.6 Å². The summed E-state index contributed by atoms with van der Waals surface area (Å²) in [6.45, 7) is 0. The summed E-state index contributed by atoms with van der Waals surface area (Å²) < 4.78 is 42.7. The summed E-state index contributed by atoms with van der Waals surface area (Å²) in [5, 5.41) is 0. The molecule has 0 saturated carbocycles. The van der Waals surface area contributed by atoms with Crippen molar-refractivity contribution < 1.29 is 22.7 Å². The number of anilines is 1. The van der Waals surface area contributed by atoms with Gasteiger partial charge in [0.15, 0.2) is 5.75 Å². The van der Waals surface area contributed by atoms with Crippen molar-refractivity contribution in [3.8, 4) is 11.5 Å². The Hall–Kier alpha value is -2.70. The Morgan fingerprint density at radius 2 is 1.67 bits per heavy atom. The summed E-state index contributed by atoms with van der Waals surface area (Å²) >= 11 is 0. The summed E-state index contributed by atoms with van der Waals surface area (Å²) in [7, 11) is 0. The van der Waals surface area contributed by atoms with Crippen LogP contribution in [-0.2, 0) is 6.18 Å². The first-order valence-corrected chi connectivity index (χ1v) is 5.82. The fourth-order valence-electron chi connectivity index (χ4n) is 1.69. The Labute approximate surface area is 118 Å². The molecule has 0 unspecified atom stereocenters.